The number of thiophene rings is 1. The second kappa shape index (κ2) is 10.1. The van der Waals surface area contributed by atoms with Gasteiger partial charge in [0, 0.05) is 10.6 Å². The fourth-order valence-electron chi connectivity index (χ4n) is 2.71. The van der Waals surface area contributed by atoms with Gasteiger partial charge in [-0.3, -0.25) is 9.59 Å². The number of hydrogen-bond donors (Lipinski definition) is 2. The summed E-state index contributed by atoms with van der Waals surface area (Å²) in [5, 5.41) is 7.89. The van der Waals surface area contributed by atoms with Crippen LogP contribution in [0.2, 0.25) is 0 Å². The third-order valence-electron chi connectivity index (χ3n) is 4.15. The molecule has 3 rings (SSSR count). The maximum atomic E-state index is 12.7. The Bertz CT molecular complexity index is 911. The van der Waals surface area contributed by atoms with Gasteiger partial charge in [-0.1, -0.05) is 48.5 Å². The first-order valence-corrected chi connectivity index (χ1v) is 11.0. The molecule has 0 fully saturated rings. The Morgan fingerprint density at radius 1 is 1.00 bits per heavy atom. The van der Waals surface area contributed by atoms with E-state index in [1.54, 1.807) is 41.3 Å². The highest BCUT2D eigenvalue weighted by atomic mass is 32.2. The Kier molecular flexibility index (Phi) is 7.28. The van der Waals surface area contributed by atoms with Crippen LogP contribution < -0.4 is 10.6 Å². The van der Waals surface area contributed by atoms with Crippen molar-refractivity contribution in [3.8, 4) is 0 Å². The SMILES string of the molecule is CC(NC(=O)c1ccccc1NC(=O)CSCc1cccs1)c1ccccc1. The van der Waals surface area contributed by atoms with Gasteiger partial charge in [-0.15, -0.1) is 23.1 Å². The lowest BCUT2D eigenvalue weighted by Crippen LogP contribution is -2.28. The van der Waals surface area contributed by atoms with Crippen molar-refractivity contribution in [2.24, 2.45) is 0 Å². The first-order chi connectivity index (χ1) is 13.6. The van der Waals surface area contributed by atoms with E-state index in [0.717, 1.165) is 11.3 Å². The molecule has 1 heterocycles. The van der Waals surface area contributed by atoms with Crippen LogP contribution in [0.1, 0.15) is 33.8 Å². The van der Waals surface area contributed by atoms with Crippen LogP contribution in [0.4, 0.5) is 5.69 Å². The maximum absolute atomic E-state index is 12.7. The van der Waals surface area contributed by atoms with Crippen LogP contribution >= 0.6 is 23.1 Å². The van der Waals surface area contributed by atoms with Crippen molar-refractivity contribution in [3.63, 3.8) is 0 Å². The first-order valence-electron chi connectivity index (χ1n) is 8.98. The third kappa shape index (κ3) is 5.71. The fourth-order valence-corrected chi connectivity index (χ4v) is 4.38. The number of hydrogen-bond acceptors (Lipinski definition) is 4. The molecule has 144 valence electrons. The number of amides is 2. The van der Waals surface area contributed by atoms with Crippen molar-refractivity contribution in [3.05, 3.63) is 88.1 Å². The van der Waals surface area contributed by atoms with Gasteiger partial charge in [-0.2, -0.15) is 0 Å². The average molecular weight is 411 g/mol. The zero-order valence-electron chi connectivity index (χ0n) is 15.6. The van der Waals surface area contributed by atoms with Crippen LogP contribution in [0.3, 0.4) is 0 Å². The van der Waals surface area contributed by atoms with Gasteiger partial charge in [-0.25, -0.2) is 0 Å². The molecular formula is C22H22N2O2S2. The molecule has 1 atom stereocenters. The van der Waals surface area contributed by atoms with E-state index in [0.29, 0.717) is 17.0 Å². The molecule has 0 saturated heterocycles. The highest BCUT2D eigenvalue weighted by Crippen LogP contribution is 2.20. The Morgan fingerprint density at radius 2 is 1.75 bits per heavy atom. The largest absolute Gasteiger partial charge is 0.345 e. The molecule has 0 aliphatic heterocycles. The van der Waals surface area contributed by atoms with E-state index >= 15 is 0 Å². The lowest BCUT2D eigenvalue weighted by Gasteiger charge is -2.16. The molecule has 6 heteroatoms. The second-order valence-corrected chi connectivity index (χ2v) is 8.29. The molecule has 1 aromatic heterocycles. The molecule has 2 aromatic carbocycles. The van der Waals surface area contributed by atoms with Crippen LogP contribution in [-0.4, -0.2) is 17.6 Å². The molecule has 2 N–H and O–H groups in total. The van der Waals surface area contributed by atoms with Gasteiger partial charge in [0.05, 0.1) is 23.0 Å². The molecule has 4 nitrogen and oxygen atoms in total. The predicted molar refractivity (Wildman–Crippen MR) is 118 cm³/mol. The lowest BCUT2D eigenvalue weighted by molar-refractivity contribution is -0.113. The summed E-state index contributed by atoms with van der Waals surface area (Å²) in [6.07, 6.45) is 0. The summed E-state index contributed by atoms with van der Waals surface area (Å²) >= 11 is 3.24. The number of nitrogens with one attached hydrogen (secondary N) is 2. The van der Waals surface area contributed by atoms with Crippen molar-refractivity contribution < 1.29 is 9.59 Å². The standard InChI is InChI=1S/C22H22N2O2S2/c1-16(17-8-3-2-4-9-17)23-22(26)19-11-5-6-12-20(19)24-21(25)15-27-14-18-10-7-13-28-18/h2-13,16H,14-15H2,1H3,(H,23,26)(H,24,25). The van der Waals surface area contributed by atoms with E-state index < -0.39 is 0 Å². The highest BCUT2D eigenvalue weighted by molar-refractivity contribution is 7.99. The van der Waals surface area contributed by atoms with Gasteiger partial charge in [0.15, 0.2) is 0 Å². The Balaban J connectivity index is 1.58. The summed E-state index contributed by atoms with van der Waals surface area (Å²) in [4.78, 5) is 26.3. The van der Waals surface area contributed by atoms with Crippen molar-refractivity contribution in [2.75, 3.05) is 11.1 Å². The molecule has 0 spiro atoms. The summed E-state index contributed by atoms with van der Waals surface area (Å²) < 4.78 is 0. The maximum Gasteiger partial charge on any atom is 0.253 e. The number of carbonyl (C=O) groups is 2. The number of rotatable bonds is 8. The van der Waals surface area contributed by atoms with Gasteiger partial charge < -0.3 is 10.6 Å². The summed E-state index contributed by atoms with van der Waals surface area (Å²) in [5.74, 6) is 0.826. The molecule has 0 radical (unpaired) electrons. The Morgan fingerprint density at radius 3 is 2.50 bits per heavy atom. The number of carbonyl (C=O) groups excluding carboxylic acids is 2. The number of benzene rings is 2. The van der Waals surface area contributed by atoms with Crippen LogP contribution in [-0.2, 0) is 10.5 Å². The van der Waals surface area contributed by atoms with Crippen molar-refractivity contribution in [2.45, 2.75) is 18.7 Å². The minimum atomic E-state index is -0.210. The van der Waals surface area contributed by atoms with Crippen molar-refractivity contribution in [1.29, 1.82) is 0 Å². The summed E-state index contributed by atoms with van der Waals surface area (Å²) in [6, 6.07) is 20.8. The van der Waals surface area contributed by atoms with Gasteiger partial charge in [0.2, 0.25) is 5.91 Å². The molecule has 28 heavy (non-hydrogen) atoms. The number of thioether (sulfide) groups is 1. The van der Waals surface area contributed by atoms with E-state index in [4.69, 9.17) is 0 Å². The minimum Gasteiger partial charge on any atom is -0.345 e. The smallest absolute Gasteiger partial charge is 0.253 e. The third-order valence-corrected chi connectivity index (χ3v) is 6.19. The van der Waals surface area contributed by atoms with Crippen LogP contribution in [0.5, 0.6) is 0 Å². The van der Waals surface area contributed by atoms with E-state index in [-0.39, 0.29) is 17.9 Å². The van der Waals surface area contributed by atoms with Gasteiger partial charge in [0.1, 0.15) is 0 Å². The Labute approximate surface area is 173 Å². The zero-order valence-corrected chi connectivity index (χ0v) is 17.2. The summed E-state index contributed by atoms with van der Waals surface area (Å²) in [5.41, 5.74) is 2.02. The molecule has 3 aromatic rings. The molecule has 0 bridgehead atoms. The molecule has 1 unspecified atom stereocenters. The van der Waals surface area contributed by atoms with E-state index in [2.05, 4.69) is 16.7 Å². The van der Waals surface area contributed by atoms with E-state index in [9.17, 15) is 9.59 Å². The minimum absolute atomic E-state index is 0.113. The first kappa shape index (κ1) is 20.2. The number of anilines is 1. The van der Waals surface area contributed by atoms with Gasteiger partial charge in [-0.05, 0) is 36.1 Å². The van der Waals surface area contributed by atoms with Gasteiger partial charge >= 0.3 is 0 Å². The number of para-hydroxylation sites is 1. The average Bonchev–Trinajstić information content (AvgIpc) is 3.22. The van der Waals surface area contributed by atoms with Gasteiger partial charge in [0.25, 0.3) is 5.91 Å². The normalized spacial score (nSPS) is 11.6. The van der Waals surface area contributed by atoms with Crippen LogP contribution in [0.25, 0.3) is 0 Å². The summed E-state index contributed by atoms with van der Waals surface area (Å²) in [6.45, 7) is 1.94. The van der Waals surface area contributed by atoms with Crippen molar-refractivity contribution >= 4 is 40.6 Å². The predicted octanol–water partition coefficient (Wildman–Crippen LogP) is 5.11. The molecule has 2 amide bonds. The lowest BCUT2D eigenvalue weighted by atomic mass is 10.1. The highest BCUT2D eigenvalue weighted by Gasteiger charge is 2.16. The molecule has 0 saturated carbocycles. The van der Waals surface area contributed by atoms with Crippen LogP contribution in [0, 0.1) is 0 Å². The fraction of sp³-hybridized carbons (Fsp3) is 0.182. The van der Waals surface area contributed by atoms with E-state index in [1.165, 1.54) is 4.88 Å². The second-order valence-electron chi connectivity index (χ2n) is 6.27. The molecular weight excluding hydrogens is 388 g/mol. The van der Waals surface area contributed by atoms with Crippen LogP contribution in [0.15, 0.2) is 72.1 Å². The quantitative estimate of drug-likeness (QED) is 0.542. The molecule has 0 aliphatic carbocycles. The topological polar surface area (TPSA) is 58.2 Å². The summed E-state index contributed by atoms with van der Waals surface area (Å²) in [7, 11) is 0. The van der Waals surface area contributed by atoms with Crippen molar-refractivity contribution in [1.82, 2.24) is 5.32 Å². The Hall–Kier alpha value is -2.57. The monoisotopic (exact) mass is 410 g/mol. The van der Waals surface area contributed by atoms with E-state index in [1.807, 2.05) is 54.8 Å². The zero-order chi connectivity index (χ0) is 19.8. The molecule has 0 aliphatic rings.